The first-order valence-corrected chi connectivity index (χ1v) is 8.19. The number of hydrogen-bond donors (Lipinski definition) is 1. The van der Waals surface area contributed by atoms with Crippen LogP contribution in [-0.4, -0.2) is 11.3 Å². The van der Waals surface area contributed by atoms with Crippen molar-refractivity contribution < 1.29 is 4.79 Å². The average molecular weight is 322 g/mol. The quantitative estimate of drug-likeness (QED) is 0.350. The number of benzene rings is 4. The molecule has 25 heavy (non-hydrogen) atoms. The van der Waals surface area contributed by atoms with Crippen LogP contribution in [0.4, 0.5) is 11.5 Å². The minimum Gasteiger partial charge on any atom is -0.340 e. The van der Waals surface area contributed by atoms with E-state index in [-0.39, 0.29) is 0 Å². The number of nitrogens with zero attached hydrogens (tertiary/aromatic N) is 1. The molecule has 5 aromatic rings. The lowest BCUT2D eigenvalue weighted by atomic mass is 9.91. The molecule has 3 heteroatoms. The van der Waals surface area contributed by atoms with Gasteiger partial charge in [-0.15, -0.1) is 0 Å². The van der Waals surface area contributed by atoms with Gasteiger partial charge in [-0.2, -0.15) is 0 Å². The van der Waals surface area contributed by atoms with Crippen molar-refractivity contribution in [1.29, 1.82) is 0 Å². The van der Waals surface area contributed by atoms with E-state index in [2.05, 4.69) is 46.7 Å². The zero-order chi connectivity index (χ0) is 16.8. The van der Waals surface area contributed by atoms with Gasteiger partial charge in [0.05, 0.1) is 5.69 Å². The molecule has 0 saturated heterocycles. The molecule has 0 aliphatic heterocycles. The lowest BCUT2D eigenvalue weighted by Crippen LogP contribution is -1.99. The Morgan fingerprint density at radius 3 is 2.36 bits per heavy atom. The van der Waals surface area contributed by atoms with E-state index < -0.39 is 0 Å². The smallest absolute Gasteiger partial charge is 0.152 e. The van der Waals surface area contributed by atoms with Crippen molar-refractivity contribution in [3.63, 3.8) is 0 Å². The fourth-order valence-corrected chi connectivity index (χ4v) is 3.64. The van der Waals surface area contributed by atoms with Crippen molar-refractivity contribution in [3.05, 3.63) is 78.5 Å². The molecule has 5 rings (SSSR count). The molecule has 1 aromatic heterocycles. The number of anilines is 2. The highest BCUT2D eigenvalue weighted by Crippen LogP contribution is 2.38. The van der Waals surface area contributed by atoms with Crippen LogP contribution in [0.1, 0.15) is 10.4 Å². The molecule has 118 valence electrons. The van der Waals surface area contributed by atoms with Crippen LogP contribution < -0.4 is 5.32 Å². The van der Waals surface area contributed by atoms with Crippen molar-refractivity contribution in [3.8, 4) is 0 Å². The molecule has 3 nitrogen and oxygen atoms in total. The number of aldehydes is 1. The summed E-state index contributed by atoms with van der Waals surface area (Å²) >= 11 is 0. The van der Waals surface area contributed by atoms with Crippen molar-refractivity contribution in [2.75, 3.05) is 5.32 Å². The maximum absolute atomic E-state index is 11.9. The third-order valence-corrected chi connectivity index (χ3v) is 4.73. The maximum atomic E-state index is 11.9. The van der Waals surface area contributed by atoms with Crippen LogP contribution in [0.25, 0.3) is 32.3 Å². The SMILES string of the molecule is O=Cc1c(Nc2ccccn2)cc2ccc3cccc4ccc1c2c34. The van der Waals surface area contributed by atoms with Gasteiger partial charge in [-0.3, -0.25) is 4.79 Å². The molecule has 0 aliphatic carbocycles. The van der Waals surface area contributed by atoms with Crippen molar-refractivity contribution in [1.82, 2.24) is 4.98 Å². The van der Waals surface area contributed by atoms with E-state index in [1.165, 1.54) is 16.2 Å². The van der Waals surface area contributed by atoms with E-state index in [0.717, 1.165) is 34.0 Å². The molecule has 0 atom stereocenters. The molecule has 4 aromatic carbocycles. The Balaban J connectivity index is 1.86. The Bertz CT molecular complexity index is 1210. The lowest BCUT2D eigenvalue weighted by Gasteiger charge is -2.16. The fraction of sp³-hybridized carbons (Fsp3) is 0. The normalized spacial score (nSPS) is 11.4. The van der Waals surface area contributed by atoms with Crippen LogP contribution in [-0.2, 0) is 0 Å². The lowest BCUT2D eigenvalue weighted by molar-refractivity contribution is 0.112. The summed E-state index contributed by atoms with van der Waals surface area (Å²) < 4.78 is 0. The minimum absolute atomic E-state index is 0.663. The first-order valence-electron chi connectivity index (χ1n) is 8.19. The van der Waals surface area contributed by atoms with Crippen LogP contribution in [0, 0.1) is 0 Å². The summed E-state index contributed by atoms with van der Waals surface area (Å²) in [6, 6.07) is 22.4. The van der Waals surface area contributed by atoms with Crippen LogP contribution in [0.2, 0.25) is 0 Å². The summed E-state index contributed by atoms with van der Waals surface area (Å²) in [4.78, 5) is 16.2. The molecule has 0 fully saturated rings. The van der Waals surface area contributed by atoms with Gasteiger partial charge in [-0.05, 0) is 50.5 Å². The molecule has 0 radical (unpaired) electrons. The molecule has 0 aliphatic rings. The zero-order valence-corrected chi connectivity index (χ0v) is 13.4. The van der Waals surface area contributed by atoms with E-state index in [9.17, 15) is 4.79 Å². The molecule has 1 heterocycles. The van der Waals surface area contributed by atoms with Gasteiger partial charge < -0.3 is 5.32 Å². The van der Waals surface area contributed by atoms with Crippen LogP contribution in [0.15, 0.2) is 72.9 Å². The molecule has 0 spiro atoms. The molecular weight excluding hydrogens is 308 g/mol. The summed E-state index contributed by atoms with van der Waals surface area (Å²) in [5.41, 5.74) is 1.44. The van der Waals surface area contributed by atoms with Gasteiger partial charge in [0.25, 0.3) is 0 Å². The number of aromatic nitrogens is 1. The van der Waals surface area contributed by atoms with E-state index in [1.807, 2.05) is 30.3 Å². The second kappa shape index (κ2) is 5.28. The Morgan fingerprint density at radius 2 is 1.60 bits per heavy atom. The highest BCUT2D eigenvalue weighted by Gasteiger charge is 2.14. The molecule has 0 unspecified atom stereocenters. The maximum Gasteiger partial charge on any atom is 0.152 e. The van der Waals surface area contributed by atoms with Gasteiger partial charge in [0.15, 0.2) is 6.29 Å². The number of carbonyl (C=O) groups excluding carboxylic acids is 1. The van der Waals surface area contributed by atoms with Gasteiger partial charge in [0.2, 0.25) is 0 Å². The van der Waals surface area contributed by atoms with Gasteiger partial charge in [0, 0.05) is 11.8 Å². The van der Waals surface area contributed by atoms with Gasteiger partial charge in [-0.25, -0.2) is 4.98 Å². The van der Waals surface area contributed by atoms with Crippen LogP contribution >= 0.6 is 0 Å². The van der Waals surface area contributed by atoms with E-state index in [0.29, 0.717) is 5.56 Å². The standard InChI is InChI=1S/C22H14N2O/c25-13-18-17-10-9-15-5-3-4-14-7-8-16(22(17)21(14)15)12-19(18)24-20-6-1-2-11-23-20/h1-13H,(H,23,24). The zero-order valence-electron chi connectivity index (χ0n) is 13.4. The first kappa shape index (κ1) is 13.9. The van der Waals surface area contributed by atoms with Crippen molar-refractivity contribution in [2.24, 2.45) is 0 Å². The number of carbonyl (C=O) groups is 1. The number of hydrogen-bond acceptors (Lipinski definition) is 3. The van der Waals surface area contributed by atoms with Gasteiger partial charge in [-0.1, -0.05) is 48.5 Å². The predicted molar refractivity (Wildman–Crippen MR) is 103 cm³/mol. The highest BCUT2D eigenvalue weighted by molar-refractivity contribution is 6.26. The largest absolute Gasteiger partial charge is 0.340 e. The summed E-state index contributed by atoms with van der Waals surface area (Å²) in [6.45, 7) is 0. The minimum atomic E-state index is 0.663. The molecular formula is C22H14N2O. The van der Waals surface area contributed by atoms with E-state index in [4.69, 9.17) is 0 Å². The van der Waals surface area contributed by atoms with Crippen molar-refractivity contribution in [2.45, 2.75) is 0 Å². The van der Waals surface area contributed by atoms with Crippen LogP contribution in [0.3, 0.4) is 0 Å². The first-order chi connectivity index (χ1) is 12.3. The Labute approximate surface area is 144 Å². The number of nitrogens with one attached hydrogen (secondary N) is 1. The number of pyridine rings is 1. The molecule has 0 saturated carbocycles. The van der Waals surface area contributed by atoms with E-state index >= 15 is 0 Å². The summed E-state index contributed by atoms with van der Waals surface area (Å²) in [6.07, 6.45) is 2.66. The fourth-order valence-electron chi connectivity index (χ4n) is 3.64. The Morgan fingerprint density at radius 1 is 0.800 bits per heavy atom. The topological polar surface area (TPSA) is 42.0 Å². The Hall–Kier alpha value is -3.46. The van der Waals surface area contributed by atoms with Gasteiger partial charge in [0.1, 0.15) is 5.82 Å². The van der Waals surface area contributed by atoms with Gasteiger partial charge >= 0.3 is 0 Å². The van der Waals surface area contributed by atoms with E-state index in [1.54, 1.807) is 6.20 Å². The summed E-state index contributed by atoms with van der Waals surface area (Å²) in [7, 11) is 0. The highest BCUT2D eigenvalue weighted by atomic mass is 16.1. The molecule has 1 N–H and O–H groups in total. The molecule has 0 amide bonds. The second-order valence-electron chi connectivity index (χ2n) is 6.15. The number of rotatable bonds is 3. The summed E-state index contributed by atoms with van der Waals surface area (Å²) in [5.74, 6) is 0.721. The predicted octanol–water partition coefficient (Wildman–Crippen LogP) is 5.54. The summed E-state index contributed by atoms with van der Waals surface area (Å²) in [5, 5.41) is 10.1. The third kappa shape index (κ3) is 2.06. The molecule has 0 bridgehead atoms. The monoisotopic (exact) mass is 322 g/mol. The average Bonchev–Trinajstić information content (AvgIpc) is 2.66. The Kier molecular flexibility index (Phi) is 2.94. The third-order valence-electron chi connectivity index (χ3n) is 4.73. The van der Waals surface area contributed by atoms with Crippen LogP contribution in [0.5, 0.6) is 0 Å². The van der Waals surface area contributed by atoms with Crippen molar-refractivity contribution >= 4 is 50.1 Å². The second-order valence-corrected chi connectivity index (χ2v) is 6.15.